The maximum atomic E-state index is 12.4. The Morgan fingerprint density at radius 1 is 1.10 bits per heavy atom. The van der Waals surface area contributed by atoms with Crippen molar-refractivity contribution in [3.63, 3.8) is 0 Å². The van der Waals surface area contributed by atoms with Gasteiger partial charge in [0, 0.05) is 4.90 Å². The molecular weight excluding hydrogens is 284 g/mol. The van der Waals surface area contributed by atoms with Gasteiger partial charge in [-0.1, -0.05) is 44.2 Å². The van der Waals surface area contributed by atoms with Crippen LogP contribution in [-0.2, 0) is 16.6 Å². The fourth-order valence-electron chi connectivity index (χ4n) is 2.08. The van der Waals surface area contributed by atoms with Crippen LogP contribution in [0.3, 0.4) is 0 Å². The van der Waals surface area contributed by atoms with Crippen LogP contribution >= 0.6 is 0 Å². The zero-order valence-electron chi connectivity index (χ0n) is 12.1. The van der Waals surface area contributed by atoms with Crippen LogP contribution in [0.5, 0.6) is 0 Å². The molecule has 0 aliphatic carbocycles. The van der Waals surface area contributed by atoms with Gasteiger partial charge in [-0.2, -0.15) is 0 Å². The third kappa shape index (κ3) is 3.79. The highest BCUT2D eigenvalue weighted by Gasteiger charge is 2.13. The Morgan fingerprint density at radius 3 is 2.29 bits per heavy atom. The van der Waals surface area contributed by atoms with Gasteiger partial charge in [0.15, 0.2) is 0 Å². The van der Waals surface area contributed by atoms with E-state index in [4.69, 9.17) is 5.11 Å². The molecule has 0 saturated heterocycles. The van der Waals surface area contributed by atoms with Crippen LogP contribution in [0.4, 0.5) is 0 Å². The minimum atomic E-state index is -1.25. The molecule has 4 heteroatoms. The molecule has 0 bridgehead atoms. The summed E-state index contributed by atoms with van der Waals surface area (Å²) >= 11 is 0. The molecule has 1 N–H and O–H groups in total. The number of carboxylic acid groups (broad SMARTS) is 1. The Hall–Kier alpha value is -1.94. The summed E-state index contributed by atoms with van der Waals surface area (Å²) in [5, 5.41) is 9.15. The SMILES string of the molecule is CC(C)c1ccc(S(=O)Cc2ccccc2C(=O)O)cc1. The van der Waals surface area contributed by atoms with Crippen LogP contribution < -0.4 is 0 Å². The van der Waals surface area contributed by atoms with E-state index in [1.807, 2.05) is 24.3 Å². The third-order valence-corrected chi connectivity index (χ3v) is 4.72. The summed E-state index contributed by atoms with van der Waals surface area (Å²) in [6, 6.07) is 14.3. The lowest BCUT2D eigenvalue weighted by Crippen LogP contribution is -2.05. The van der Waals surface area contributed by atoms with Crippen LogP contribution in [-0.4, -0.2) is 15.3 Å². The Bertz CT molecular complexity index is 660. The highest BCUT2D eigenvalue weighted by Crippen LogP contribution is 2.19. The van der Waals surface area contributed by atoms with Crippen molar-refractivity contribution in [3.8, 4) is 0 Å². The normalized spacial score (nSPS) is 12.3. The van der Waals surface area contributed by atoms with E-state index in [2.05, 4.69) is 13.8 Å². The maximum Gasteiger partial charge on any atom is 0.335 e. The predicted octanol–water partition coefficient (Wildman–Crippen LogP) is 3.82. The molecule has 0 heterocycles. The first-order valence-corrected chi connectivity index (χ1v) is 8.10. The molecule has 2 aromatic carbocycles. The van der Waals surface area contributed by atoms with Gasteiger partial charge in [0.1, 0.15) is 0 Å². The van der Waals surface area contributed by atoms with Gasteiger partial charge in [-0.05, 0) is 35.2 Å². The fraction of sp³-hybridized carbons (Fsp3) is 0.235. The minimum absolute atomic E-state index is 0.212. The Labute approximate surface area is 127 Å². The summed E-state index contributed by atoms with van der Waals surface area (Å²) in [5.41, 5.74) is 2.00. The van der Waals surface area contributed by atoms with E-state index in [9.17, 15) is 9.00 Å². The van der Waals surface area contributed by atoms with E-state index < -0.39 is 16.8 Å². The zero-order chi connectivity index (χ0) is 15.4. The molecule has 0 spiro atoms. The lowest BCUT2D eigenvalue weighted by Gasteiger charge is -2.08. The van der Waals surface area contributed by atoms with Crippen molar-refractivity contribution in [2.75, 3.05) is 0 Å². The second-order valence-corrected chi connectivity index (χ2v) is 6.63. The first kappa shape index (κ1) is 15.4. The van der Waals surface area contributed by atoms with Gasteiger partial charge in [0.25, 0.3) is 0 Å². The monoisotopic (exact) mass is 302 g/mol. The van der Waals surface area contributed by atoms with Crippen LogP contribution in [0, 0.1) is 0 Å². The number of carbonyl (C=O) groups is 1. The number of rotatable bonds is 5. The average molecular weight is 302 g/mol. The molecule has 0 amide bonds. The maximum absolute atomic E-state index is 12.4. The molecule has 0 fully saturated rings. The molecular formula is C17H18O3S. The van der Waals surface area contributed by atoms with Crippen molar-refractivity contribution < 1.29 is 14.1 Å². The van der Waals surface area contributed by atoms with Crippen LogP contribution in [0.2, 0.25) is 0 Å². The number of hydrogen-bond donors (Lipinski definition) is 1. The van der Waals surface area contributed by atoms with Crippen molar-refractivity contribution in [2.45, 2.75) is 30.4 Å². The topological polar surface area (TPSA) is 54.4 Å². The van der Waals surface area contributed by atoms with Crippen molar-refractivity contribution in [1.82, 2.24) is 0 Å². The fourth-order valence-corrected chi connectivity index (χ4v) is 3.22. The highest BCUT2D eigenvalue weighted by atomic mass is 32.2. The highest BCUT2D eigenvalue weighted by molar-refractivity contribution is 7.84. The third-order valence-electron chi connectivity index (χ3n) is 3.34. The molecule has 0 radical (unpaired) electrons. The molecule has 0 saturated carbocycles. The van der Waals surface area contributed by atoms with Gasteiger partial charge in [-0.25, -0.2) is 4.79 Å². The number of hydrogen-bond acceptors (Lipinski definition) is 2. The van der Waals surface area contributed by atoms with Gasteiger partial charge < -0.3 is 5.11 Å². The smallest absolute Gasteiger partial charge is 0.335 e. The Kier molecular flexibility index (Phi) is 4.91. The van der Waals surface area contributed by atoms with E-state index in [1.165, 1.54) is 11.6 Å². The first-order chi connectivity index (χ1) is 9.99. The second-order valence-electron chi connectivity index (χ2n) is 5.18. The van der Waals surface area contributed by atoms with Crippen LogP contribution in [0.1, 0.15) is 41.3 Å². The van der Waals surface area contributed by atoms with E-state index in [0.29, 0.717) is 11.5 Å². The van der Waals surface area contributed by atoms with Crippen molar-refractivity contribution >= 4 is 16.8 Å². The van der Waals surface area contributed by atoms with E-state index in [1.54, 1.807) is 18.2 Å². The standard InChI is InChI=1S/C17H18O3S/c1-12(2)13-7-9-15(10-8-13)21(20)11-14-5-3-4-6-16(14)17(18)19/h3-10,12H,11H2,1-2H3,(H,18,19). The zero-order valence-corrected chi connectivity index (χ0v) is 12.9. The molecule has 2 aromatic rings. The van der Waals surface area contributed by atoms with E-state index in [0.717, 1.165) is 4.90 Å². The van der Waals surface area contributed by atoms with E-state index in [-0.39, 0.29) is 11.3 Å². The number of benzene rings is 2. The Balaban J connectivity index is 2.20. The molecule has 0 aromatic heterocycles. The molecule has 21 heavy (non-hydrogen) atoms. The molecule has 1 unspecified atom stereocenters. The summed E-state index contributed by atoms with van der Waals surface area (Å²) in [6.07, 6.45) is 0. The average Bonchev–Trinajstić information content (AvgIpc) is 2.47. The minimum Gasteiger partial charge on any atom is -0.478 e. The van der Waals surface area contributed by atoms with Crippen molar-refractivity contribution in [1.29, 1.82) is 0 Å². The Morgan fingerprint density at radius 2 is 1.71 bits per heavy atom. The van der Waals surface area contributed by atoms with Gasteiger partial charge in [-0.15, -0.1) is 0 Å². The van der Waals surface area contributed by atoms with Crippen molar-refractivity contribution in [2.24, 2.45) is 0 Å². The molecule has 0 aliphatic heterocycles. The number of aromatic carboxylic acids is 1. The van der Waals surface area contributed by atoms with Crippen LogP contribution in [0.15, 0.2) is 53.4 Å². The van der Waals surface area contributed by atoms with Gasteiger partial charge in [-0.3, -0.25) is 4.21 Å². The van der Waals surface area contributed by atoms with E-state index >= 15 is 0 Å². The molecule has 3 nitrogen and oxygen atoms in total. The summed E-state index contributed by atoms with van der Waals surface area (Å²) in [7, 11) is -1.25. The predicted molar refractivity (Wildman–Crippen MR) is 84.0 cm³/mol. The molecule has 0 aliphatic rings. The summed E-state index contributed by atoms with van der Waals surface area (Å²) in [5.74, 6) is -0.346. The quantitative estimate of drug-likeness (QED) is 0.913. The lowest BCUT2D eigenvalue weighted by atomic mass is 10.0. The lowest BCUT2D eigenvalue weighted by molar-refractivity contribution is 0.0696. The van der Waals surface area contributed by atoms with Gasteiger partial charge in [0.05, 0.1) is 22.1 Å². The first-order valence-electron chi connectivity index (χ1n) is 6.78. The number of carboxylic acids is 1. The molecule has 1 atom stereocenters. The van der Waals surface area contributed by atoms with Crippen molar-refractivity contribution in [3.05, 3.63) is 65.2 Å². The summed E-state index contributed by atoms with van der Waals surface area (Å²) in [6.45, 7) is 4.21. The summed E-state index contributed by atoms with van der Waals surface area (Å²) in [4.78, 5) is 11.9. The van der Waals surface area contributed by atoms with Crippen LogP contribution in [0.25, 0.3) is 0 Å². The largest absolute Gasteiger partial charge is 0.478 e. The summed E-state index contributed by atoms with van der Waals surface area (Å²) < 4.78 is 12.4. The van der Waals surface area contributed by atoms with Gasteiger partial charge >= 0.3 is 5.97 Å². The molecule has 110 valence electrons. The second kappa shape index (κ2) is 6.68. The molecule has 2 rings (SSSR count). The van der Waals surface area contributed by atoms with Gasteiger partial charge in [0.2, 0.25) is 0 Å².